The lowest BCUT2D eigenvalue weighted by Gasteiger charge is -2.21. The van der Waals surface area contributed by atoms with Crippen LogP contribution in [-0.4, -0.2) is 28.6 Å². The summed E-state index contributed by atoms with van der Waals surface area (Å²) in [6, 6.07) is 22.3. The second kappa shape index (κ2) is 7.89. The van der Waals surface area contributed by atoms with Crippen molar-refractivity contribution < 1.29 is 4.48 Å². The fourth-order valence-electron chi connectivity index (χ4n) is 4.24. The number of aromatic nitrogens is 1. The fraction of sp³-hybridized carbons (Fsp3) is 0.240. The van der Waals surface area contributed by atoms with Crippen LogP contribution in [-0.2, 0) is 13.0 Å². The van der Waals surface area contributed by atoms with Crippen LogP contribution in [0.1, 0.15) is 17.5 Å². The number of nitrogens with zero attached hydrogens (tertiary/aromatic N) is 2. The lowest BCUT2D eigenvalue weighted by Crippen LogP contribution is -2.30. The Hall–Kier alpha value is -2.71. The fourth-order valence-corrected chi connectivity index (χ4v) is 4.24. The highest BCUT2D eigenvalue weighted by Crippen LogP contribution is 2.37. The molecular formula is C25H27N2+. The Kier molecular flexibility index (Phi) is 5.17. The quantitative estimate of drug-likeness (QED) is 0.303. The normalized spacial score (nSPS) is 21.6. The summed E-state index contributed by atoms with van der Waals surface area (Å²) in [5, 5.41) is 1.30. The van der Waals surface area contributed by atoms with Gasteiger partial charge in [-0.3, -0.25) is 4.98 Å². The lowest BCUT2D eigenvalue weighted by molar-refractivity contribution is -0.827. The molecule has 27 heavy (non-hydrogen) atoms. The van der Waals surface area contributed by atoms with E-state index in [1.54, 1.807) is 0 Å². The van der Waals surface area contributed by atoms with Gasteiger partial charge >= 0.3 is 0 Å². The first kappa shape index (κ1) is 17.7. The monoisotopic (exact) mass is 355 g/mol. The minimum absolute atomic E-state index is 0.688. The number of hydrogen-bond donors (Lipinski definition) is 0. The van der Waals surface area contributed by atoms with Gasteiger partial charge in [-0.1, -0.05) is 73.3 Å². The third-order valence-corrected chi connectivity index (χ3v) is 5.76. The SMILES string of the molecule is C=C/C=C/CC[N+]1(Cc2ccccc2)C[C@H]1Cc1ccnc2ccccc12. The van der Waals surface area contributed by atoms with Crippen molar-refractivity contribution in [1.29, 1.82) is 0 Å². The Balaban J connectivity index is 1.54. The Morgan fingerprint density at radius 1 is 1.04 bits per heavy atom. The lowest BCUT2D eigenvalue weighted by atomic mass is 10.0. The van der Waals surface area contributed by atoms with Gasteiger partial charge in [-0.05, 0) is 17.7 Å². The molecule has 1 aliphatic heterocycles. The van der Waals surface area contributed by atoms with Crippen LogP contribution < -0.4 is 0 Å². The molecule has 0 aliphatic carbocycles. The molecule has 2 aromatic carbocycles. The van der Waals surface area contributed by atoms with Gasteiger partial charge in [-0.2, -0.15) is 0 Å². The van der Waals surface area contributed by atoms with E-state index in [9.17, 15) is 0 Å². The van der Waals surface area contributed by atoms with Crippen molar-refractivity contribution >= 4 is 10.9 Å². The van der Waals surface area contributed by atoms with E-state index in [4.69, 9.17) is 0 Å². The van der Waals surface area contributed by atoms with Gasteiger partial charge in [0.15, 0.2) is 0 Å². The molecule has 2 heteroatoms. The van der Waals surface area contributed by atoms with E-state index >= 15 is 0 Å². The number of allylic oxidation sites excluding steroid dienone is 2. The van der Waals surface area contributed by atoms with Crippen LogP contribution in [0.25, 0.3) is 10.9 Å². The number of fused-ring (bicyclic) bond motifs is 1. The molecule has 136 valence electrons. The molecule has 1 aromatic heterocycles. The molecule has 2 nitrogen and oxygen atoms in total. The number of quaternary nitrogens is 1. The number of benzene rings is 2. The van der Waals surface area contributed by atoms with E-state index in [0.29, 0.717) is 6.04 Å². The molecule has 2 heterocycles. The Bertz CT molecular complexity index is 939. The summed E-state index contributed by atoms with van der Waals surface area (Å²) in [5.41, 5.74) is 3.97. The maximum atomic E-state index is 4.52. The van der Waals surface area contributed by atoms with E-state index < -0.39 is 0 Å². The molecule has 0 amide bonds. The van der Waals surface area contributed by atoms with E-state index in [0.717, 1.165) is 24.9 Å². The molecule has 0 saturated carbocycles. The molecule has 0 spiro atoms. The second-order valence-electron chi connectivity index (χ2n) is 7.57. The minimum Gasteiger partial charge on any atom is -0.307 e. The molecule has 1 fully saturated rings. The van der Waals surface area contributed by atoms with E-state index in [2.05, 4.69) is 84.4 Å². The van der Waals surface area contributed by atoms with E-state index in [-0.39, 0.29) is 0 Å². The number of pyridine rings is 1. The van der Waals surface area contributed by atoms with Crippen molar-refractivity contribution in [2.45, 2.75) is 25.4 Å². The molecule has 1 saturated heterocycles. The summed E-state index contributed by atoms with van der Waals surface area (Å²) < 4.78 is 1.18. The number of hydrogen-bond acceptors (Lipinski definition) is 1. The zero-order valence-corrected chi connectivity index (χ0v) is 15.8. The largest absolute Gasteiger partial charge is 0.307 e. The smallest absolute Gasteiger partial charge is 0.143 e. The van der Waals surface area contributed by atoms with Crippen LogP contribution in [0.4, 0.5) is 0 Å². The van der Waals surface area contributed by atoms with Crippen molar-refractivity contribution in [2.75, 3.05) is 13.1 Å². The van der Waals surface area contributed by atoms with Gasteiger partial charge in [-0.15, -0.1) is 0 Å². The van der Waals surface area contributed by atoms with Crippen molar-refractivity contribution in [2.24, 2.45) is 0 Å². The van der Waals surface area contributed by atoms with Crippen molar-refractivity contribution in [3.05, 3.63) is 103 Å². The van der Waals surface area contributed by atoms with Crippen LogP contribution >= 0.6 is 0 Å². The molecule has 0 bridgehead atoms. The van der Waals surface area contributed by atoms with Crippen LogP contribution in [0.15, 0.2) is 91.7 Å². The highest BCUT2D eigenvalue weighted by atomic mass is 15.5. The molecule has 1 unspecified atom stereocenters. The summed E-state index contributed by atoms with van der Waals surface area (Å²) in [7, 11) is 0. The Morgan fingerprint density at radius 3 is 2.70 bits per heavy atom. The first-order chi connectivity index (χ1) is 13.3. The van der Waals surface area contributed by atoms with Gasteiger partial charge in [0.2, 0.25) is 0 Å². The van der Waals surface area contributed by atoms with Gasteiger partial charge in [0.05, 0.1) is 12.1 Å². The minimum atomic E-state index is 0.688. The molecule has 2 atom stereocenters. The van der Waals surface area contributed by atoms with E-state index in [1.807, 2.05) is 12.3 Å². The van der Waals surface area contributed by atoms with Gasteiger partial charge in [0.1, 0.15) is 19.1 Å². The van der Waals surface area contributed by atoms with Crippen molar-refractivity contribution in [3.63, 3.8) is 0 Å². The summed E-state index contributed by atoms with van der Waals surface area (Å²) in [4.78, 5) is 4.52. The zero-order chi connectivity index (χ0) is 18.5. The summed E-state index contributed by atoms with van der Waals surface area (Å²) in [5.74, 6) is 0. The predicted octanol–water partition coefficient (Wildman–Crippen LogP) is 5.31. The van der Waals surface area contributed by atoms with Crippen LogP contribution in [0.5, 0.6) is 0 Å². The maximum absolute atomic E-state index is 4.52. The number of rotatable bonds is 8. The summed E-state index contributed by atoms with van der Waals surface area (Å²) >= 11 is 0. The van der Waals surface area contributed by atoms with Gasteiger partial charge < -0.3 is 4.48 Å². The van der Waals surface area contributed by atoms with Gasteiger partial charge in [0.25, 0.3) is 0 Å². The average molecular weight is 356 g/mol. The maximum Gasteiger partial charge on any atom is 0.143 e. The van der Waals surface area contributed by atoms with E-state index in [1.165, 1.54) is 34.1 Å². The molecule has 1 aliphatic rings. The average Bonchev–Trinajstić information content (AvgIpc) is 3.38. The predicted molar refractivity (Wildman–Crippen MR) is 113 cm³/mol. The highest BCUT2D eigenvalue weighted by molar-refractivity contribution is 5.81. The standard InChI is InChI=1S/C25H27N2/c1-2-3-4-10-17-27(19-21-11-6-5-7-12-21)20-23(27)18-22-15-16-26-25-14-9-8-13-24(22)25/h2-9,11-16,23H,1,10,17-20H2/q+1/b4-3+/t23-,27?/m1/s1. The first-order valence-corrected chi connectivity index (χ1v) is 9.81. The van der Waals surface area contributed by atoms with Gasteiger partial charge in [0, 0.05) is 30.0 Å². The second-order valence-corrected chi connectivity index (χ2v) is 7.57. The Labute approximate surface area is 162 Å². The van der Waals surface area contributed by atoms with Crippen LogP contribution in [0, 0.1) is 0 Å². The number of para-hydroxylation sites is 1. The highest BCUT2D eigenvalue weighted by Gasteiger charge is 2.53. The summed E-state index contributed by atoms with van der Waals surface area (Å²) in [6.45, 7) is 7.35. The van der Waals surface area contributed by atoms with Crippen molar-refractivity contribution in [1.82, 2.24) is 4.98 Å². The third kappa shape index (κ3) is 4.01. The third-order valence-electron chi connectivity index (χ3n) is 5.76. The molecule has 0 radical (unpaired) electrons. The van der Waals surface area contributed by atoms with Crippen LogP contribution in [0.2, 0.25) is 0 Å². The molecule has 4 rings (SSSR count). The molecule has 0 N–H and O–H groups in total. The van der Waals surface area contributed by atoms with Crippen molar-refractivity contribution in [3.8, 4) is 0 Å². The zero-order valence-electron chi connectivity index (χ0n) is 15.8. The van der Waals surface area contributed by atoms with Crippen LogP contribution in [0.3, 0.4) is 0 Å². The molecular weight excluding hydrogens is 328 g/mol. The first-order valence-electron chi connectivity index (χ1n) is 9.81. The Morgan fingerprint density at radius 2 is 1.85 bits per heavy atom. The van der Waals surface area contributed by atoms with Gasteiger partial charge in [-0.25, -0.2) is 0 Å². The topological polar surface area (TPSA) is 12.9 Å². The molecule has 3 aromatic rings. The summed E-state index contributed by atoms with van der Waals surface area (Å²) in [6.07, 6.45) is 10.4.